The predicted molar refractivity (Wildman–Crippen MR) is 136 cm³/mol. The molecule has 1 aliphatic heterocycles. The third-order valence-electron chi connectivity index (χ3n) is 8.69. The standard InChI is InChI=1S/C29H43FN2O3/c1-35-27-4-2-3-22(19-27)20-28(33)31-26-11-5-21(6-12-26)13-16-32-17-14-24(15-18-32)29(34)23-7-9-25(30)10-8-23/h7-10,21-22,24,26-27H,2-6,11-20H2,1H3,(H,31,33)/t21?,22-,26?,27+/m1/s1. The first-order valence-electron chi connectivity index (χ1n) is 13.8. The van der Waals surface area contributed by atoms with Gasteiger partial charge in [-0.15, -0.1) is 0 Å². The molecule has 1 heterocycles. The Hall–Kier alpha value is -1.79. The fraction of sp³-hybridized carbons (Fsp3) is 0.724. The van der Waals surface area contributed by atoms with Crippen molar-refractivity contribution in [1.82, 2.24) is 10.2 Å². The van der Waals surface area contributed by atoms with Crippen LogP contribution in [0.2, 0.25) is 0 Å². The van der Waals surface area contributed by atoms with Gasteiger partial charge in [-0.2, -0.15) is 0 Å². The minimum atomic E-state index is -0.298. The maximum Gasteiger partial charge on any atom is 0.220 e. The number of hydrogen-bond acceptors (Lipinski definition) is 4. The highest BCUT2D eigenvalue weighted by atomic mass is 19.1. The molecule has 35 heavy (non-hydrogen) atoms. The average molecular weight is 487 g/mol. The fourth-order valence-electron chi connectivity index (χ4n) is 6.42. The van der Waals surface area contributed by atoms with Gasteiger partial charge in [0.15, 0.2) is 5.78 Å². The summed E-state index contributed by atoms with van der Waals surface area (Å²) >= 11 is 0. The molecule has 4 rings (SSSR count). The number of likely N-dealkylation sites (tertiary alicyclic amines) is 1. The second-order valence-corrected chi connectivity index (χ2v) is 11.2. The number of Topliss-reactive ketones (excluding diaryl/α,β-unsaturated/α-hetero) is 1. The van der Waals surface area contributed by atoms with Gasteiger partial charge in [0, 0.05) is 31.1 Å². The number of benzene rings is 1. The SMILES string of the molecule is CO[C@H]1CCC[C@@H](CC(=O)NC2CCC(CCN3CCC(C(=O)c4ccc(F)cc4)CC3)CC2)C1. The Balaban J connectivity index is 1.09. The number of ketones is 1. The third kappa shape index (κ3) is 7.85. The van der Waals surface area contributed by atoms with E-state index < -0.39 is 0 Å². The van der Waals surface area contributed by atoms with Gasteiger partial charge in [0.2, 0.25) is 5.91 Å². The Bertz CT molecular complexity index is 814. The molecular weight excluding hydrogens is 443 g/mol. The van der Waals surface area contributed by atoms with Crippen LogP contribution in [0.3, 0.4) is 0 Å². The van der Waals surface area contributed by atoms with Crippen molar-refractivity contribution in [3.8, 4) is 0 Å². The smallest absolute Gasteiger partial charge is 0.220 e. The quantitative estimate of drug-likeness (QED) is 0.476. The van der Waals surface area contributed by atoms with Gasteiger partial charge in [-0.3, -0.25) is 9.59 Å². The number of halogens is 1. The summed E-state index contributed by atoms with van der Waals surface area (Å²) in [6.07, 6.45) is 13.0. The number of piperidine rings is 1. The van der Waals surface area contributed by atoms with E-state index in [1.165, 1.54) is 37.8 Å². The van der Waals surface area contributed by atoms with Crippen molar-refractivity contribution in [1.29, 1.82) is 0 Å². The van der Waals surface area contributed by atoms with Gasteiger partial charge in [-0.25, -0.2) is 4.39 Å². The van der Waals surface area contributed by atoms with E-state index in [2.05, 4.69) is 10.2 Å². The number of nitrogens with zero attached hydrogens (tertiary/aromatic N) is 1. The van der Waals surface area contributed by atoms with Crippen LogP contribution < -0.4 is 5.32 Å². The van der Waals surface area contributed by atoms with Crippen molar-refractivity contribution in [3.63, 3.8) is 0 Å². The summed E-state index contributed by atoms with van der Waals surface area (Å²) in [5.41, 5.74) is 0.631. The zero-order valence-corrected chi connectivity index (χ0v) is 21.4. The molecule has 5 nitrogen and oxygen atoms in total. The van der Waals surface area contributed by atoms with Crippen LogP contribution in [0.1, 0.15) is 87.4 Å². The number of rotatable bonds is 9. The Morgan fingerprint density at radius 2 is 1.69 bits per heavy atom. The summed E-state index contributed by atoms with van der Waals surface area (Å²) in [5.74, 6) is 1.36. The summed E-state index contributed by atoms with van der Waals surface area (Å²) in [7, 11) is 1.78. The zero-order valence-electron chi connectivity index (χ0n) is 21.4. The molecule has 0 aromatic heterocycles. The second-order valence-electron chi connectivity index (χ2n) is 11.2. The van der Waals surface area contributed by atoms with Crippen LogP contribution in [-0.4, -0.2) is 55.5 Å². The second kappa shape index (κ2) is 13.0. The number of amides is 1. The summed E-state index contributed by atoms with van der Waals surface area (Å²) in [5, 5.41) is 3.31. The van der Waals surface area contributed by atoms with Crippen molar-refractivity contribution >= 4 is 11.7 Å². The third-order valence-corrected chi connectivity index (χ3v) is 8.69. The Labute approximate surface area is 210 Å². The summed E-state index contributed by atoms with van der Waals surface area (Å²) in [4.78, 5) is 27.8. The van der Waals surface area contributed by atoms with E-state index in [0.717, 1.165) is 70.5 Å². The lowest BCUT2D eigenvalue weighted by Crippen LogP contribution is -2.40. The largest absolute Gasteiger partial charge is 0.381 e. The molecule has 2 atom stereocenters. The predicted octanol–water partition coefficient (Wildman–Crippen LogP) is 5.38. The molecule has 3 fully saturated rings. The molecule has 1 aromatic rings. The van der Waals surface area contributed by atoms with Crippen LogP contribution >= 0.6 is 0 Å². The van der Waals surface area contributed by atoms with Gasteiger partial charge in [-0.1, -0.05) is 6.42 Å². The maximum atomic E-state index is 13.1. The topological polar surface area (TPSA) is 58.6 Å². The van der Waals surface area contributed by atoms with Crippen molar-refractivity contribution in [2.45, 2.75) is 89.2 Å². The summed E-state index contributed by atoms with van der Waals surface area (Å²) in [6, 6.07) is 6.30. The highest BCUT2D eigenvalue weighted by Crippen LogP contribution is 2.30. The van der Waals surface area contributed by atoms with Crippen LogP contribution in [0, 0.1) is 23.6 Å². The molecule has 0 unspecified atom stereocenters. The molecule has 1 N–H and O–H groups in total. The molecule has 0 spiro atoms. The minimum absolute atomic E-state index is 0.0600. The molecule has 2 saturated carbocycles. The van der Waals surface area contributed by atoms with Crippen LogP contribution in [0.4, 0.5) is 4.39 Å². The molecule has 194 valence electrons. The Morgan fingerprint density at radius 1 is 0.971 bits per heavy atom. The summed E-state index contributed by atoms with van der Waals surface area (Å²) < 4.78 is 18.6. The lowest BCUT2D eigenvalue weighted by Gasteiger charge is -2.34. The molecule has 6 heteroatoms. The van der Waals surface area contributed by atoms with Crippen LogP contribution in [-0.2, 0) is 9.53 Å². The van der Waals surface area contributed by atoms with Crippen molar-refractivity contribution in [2.24, 2.45) is 17.8 Å². The molecule has 1 amide bonds. The Kier molecular flexibility index (Phi) is 9.73. The number of ether oxygens (including phenoxy) is 1. The lowest BCUT2D eigenvalue weighted by molar-refractivity contribution is -0.123. The number of carbonyl (C=O) groups excluding carboxylic acids is 2. The van der Waals surface area contributed by atoms with Crippen LogP contribution in [0.5, 0.6) is 0 Å². The highest BCUT2D eigenvalue weighted by molar-refractivity contribution is 5.97. The van der Waals surface area contributed by atoms with Gasteiger partial charge in [0.1, 0.15) is 5.82 Å². The molecule has 0 radical (unpaired) electrons. The van der Waals surface area contributed by atoms with Gasteiger partial charge >= 0.3 is 0 Å². The fourth-order valence-corrected chi connectivity index (χ4v) is 6.42. The summed E-state index contributed by atoms with van der Waals surface area (Å²) in [6.45, 7) is 3.03. The molecule has 3 aliphatic rings. The number of hydrogen-bond donors (Lipinski definition) is 1. The first kappa shape index (κ1) is 26.3. The number of carbonyl (C=O) groups is 2. The van der Waals surface area contributed by atoms with Gasteiger partial charge in [-0.05, 0) is 120 Å². The number of methoxy groups -OCH3 is 1. The van der Waals surface area contributed by atoms with Crippen LogP contribution in [0.25, 0.3) is 0 Å². The average Bonchev–Trinajstić information content (AvgIpc) is 2.88. The van der Waals surface area contributed by atoms with E-state index in [1.807, 2.05) is 0 Å². The van der Waals surface area contributed by atoms with Gasteiger partial charge in [0.05, 0.1) is 6.10 Å². The first-order valence-corrected chi connectivity index (χ1v) is 13.8. The van der Waals surface area contributed by atoms with E-state index in [1.54, 1.807) is 19.2 Å². The molecule has 1 saturated heterocycles. The molecule has 0 bridgehead atoms. The molecule has 2 aliphatic carbocycles. The zero-order chi connectivity index (χ0) is 24.6. The number of nitrogens with one attached hydrogen (secondary N) is 1. The van der Waals surface area contributed by atoms with Crippen molar-refractivity contribution in [3.05, 3.63) is 35.6 Å². The Morgan fingerprint density at radius 3 is 2.37 bits per heavy atom. The maximum absolute atomic E-state index is 13.1. The van der Waals surface area contributed by atoms with Gasteiger partial charge in [0.25, 0.3) is 0 Å². The van der Waals surface area contributed by atoms with Crippen molar-refractivity contribution < 1.29 is 18.7 Å². The monoisotopic (exact) mass is 486 g/mol. The molecular formula is C29H43FN2O3. The first-order chi connectivity index (χ1) is 17.0. The lowest BCUT2D eigenvalue weighted by atomic mass is 9.83. The van der Waals surface area contributed by atoms with Crippen LogP contribution in [0.15, 0.2) is 24.3 Å². The van der Waals surface area contributed by atoms with E-state index in [0.29, 0.717) is 30.0 Å². The minimum Gasteiger partial charge on any atom is -0.381 e. The van der Waals surface area contributed by atoms with E-state index >= 15 is 0 Å². The van der Waals surface area contributed by atoms with E-state index in [-0.39, 0.29) is 23.4 Å². The normalized spacial score (nSPS) is 28.5. The van der Waals surface area contributed by atoms with E-state index in [9.17, 15) is 14.0 Å². The van der Waals surface area contributed by atoms with Crippen molar-refractivity contribution in [2.75, 3.05) is 26.7 Å². The van der Waals surface area contributed by atoms with Gasteiger partial charge < -0.3 is 15.0 Å². The van der Waals surface area contributed by atoms with E-state index in [4.69, 9.17) is 4.74 Å². The highest BCUT2D eigenvalue weighted by Gasteiger charge is 2.28. The molecule has 1 aromatic carbocycles.